The predicted octanol–water partition coefficient (Wildman–Crippen LogP) is 0.0695. The van der Waals surface area contributed by atoms with Gasteiger partial charge in [0, 0.05) is 13.1 Å². The summed E-state index contributed by atoms with van der Waals surface area (Å²) in [6.07, 6.45) is -0.998. The van der Waals surface area contributed by atoms with Crippen LogP contribution in [0.4, 0.5) is 8.78 Å². The van der Waals surface area contributed by atoms with Crippen LogP contribution in [0.5, 0.6) is 0 Å². The molecule has 1 aliphatic heterocycles. The number of aldehydes is 1. The SMILES string of the molecule is O=CCC(F)(F)C(=O)N1CCOCC1. The molecule has 0 N–H and O–H groups in total. The number of morpholine rings is 1. The number of halogens is 2. The molecule has 0 spiro atoms. The van der Waals surface area contributed by atoms with Gasteiger partial charge in [0.25, 0.3) is 5.91 Å². The smallest absolute Gasteiger partial charge is 0.331 e. The molecule has 0 aliphatic carbocycles. The Hall–Kier alpha value is -1.04. The molecule has 0 saturated carbocycles. The van der Waals surface area contributed by atoms with Gasteiger partial charge in [0.15, 0.2) is 0 Å². The van der Waals surface area contributed by atoms with E-state index in [1.807, 2.05) is 0 Å². The van der Waals surface area contributed by atoms with E-state index >= 15 is 0 Å². The lowest BCUT2D eigenvalue weighted by Crippen LogP contribution is -2.48. The minimum absolute atomic E-state index is 0.0539. The molecule has 1 saturated heterocycles. The molecule has 1 fully saturated rings. The molecule has 0 aromatic rings. The Morgan fingerprint density at radius 1 is 1.43 bits per heavy atom. The largest absolute Gasteiger partial charge is 0.378 e. The van der Waals surface area contributed by atoms with Crippen molar-refractivity contribution in [2.24, 2.45) is 0 Å². The molecule has 0 unspecified atom stereocenters. The number of nitrogens with zero attached hydrogens (tertiary/aromatic N) is 1. The van der Waals surface area contributed by atoms with Gasteiger partial charge in [-0.25, -0.2) is 0 Å². The molecule has 1 heterocycles. The van der Waals surface area contributed by atoms with E-state index in [0.29, 0.717) is 0 Å². The molecule has 4 nitrogen and oxygen atoms in total. The molecule has 0 aromatic heterocycles. The van der Waals surface area contributed by atoms with Crippen molar-refractivity contribution >= 4 is 12.2 Å². The highest BCUT2D eigenvalue weighted by molar-refractivity contribution is 5.85. The van der Waals surface area contributed by atoms with Gasteiger partial charge in [-0.3, -0.25) is 4.79 Å². The maximum atomic E-state index is 12.9. The van der Waals surface area contributed by atoms with Crippen molar-refractivity contribution in [3.05, 3.63) is 0 Å². The number of carbonyl (C=O) groups excluding carboxylic acids is 2. The number of amides is 1. The summed E-state index contributed by atoms with van der Waals surface area (Å²) in [5.41, 5.74) is 0. The van der Waals surface area contributed by atoms with Crippen LogP contribution >= 0.6 is 0 Å². The van der Waals surface area contributed by atoms with Crippen LogP contribution in [-0.4, -0.2) is 49.3 Å². The van der Waals surface area contributed by atoms with Gasteiger partial charge in [0.2, 0.25) is 0 Å². The Bertz CT molecular complexity index is 227. The fourth-order valence-corrected chi connectivity index (χ4v) is 1.19. The van der Waals surface area contributed by atoms with E-state index in [1.54, 1.807) is 0 Å². The molecule has 0 atom stereocenters. The average Bonchev–Trinajstić information content (AvgIpc) is 2.18. The third kappa shape index (κ3) is 2.47. The molecule has 1 aliphatic rings. The maximum Gasteiger partial charge on any atom is 0.331 e. The van der Waals surface area contributed by atoms with Gasteiger partial charge in [0.1, 0.15) is 6.29 Å². The van der Waals surface area contributed by atoms with Gasteiger partial charge in [-0.2, -0.15) is 8.78 Å². The number of hydrogen-bond acceptors (Lipinski definition) is 3. The number of rotatable bonds is 3. The van der Waals surface area contributed by atoms with Crippen LogP contribution < -0.4 is 0 Å². The first-order valence-corrected chi connectivity index (χ1v) is 4.26. The van der Waals surface area contributed by atoms with Gasteiger partial charge < -0.3 is 14.4 Å². The van der Waals surface area contributed by atoms with Crippen molar-refractivity contribution < 1.29 is 23.1 Å². The van der Waals surface area contributed by atoms with Crippen LogP contribution in [0.2, 0.25) is 0 Å². The molecular formula is C8H11F2NO3. The van der Waals surface area contributed by atoms with Crippen LogP contribution in [0.25, 0.3) is 0 Å². The minimum atomic E-state index is -3.57. The second-order valence-electron chi connectivity index (χ2n) is 2.98. The lowest BCUT2D eigenvalue weighted by Gasteiger charge is -2.29. The van der Waals surface area contributed by atoms with Gasteiger partial charge in [-0.05, 0) is 0 Å². The Kier molecular flexibility index (Phi) is 3.51. The van der Waals surface area contributed by atoms with Crippen LogP contribution in [0.3, 0.4) is 0 Å². The quantitative estimate of drug-likeness (QED) is 0.615. The highest BCUT2D eigenvalue weighted by Crippen LogP contribution is 2.20. The molecule has 1 amide bonds. The summed E-state index contributed by atoms with van der Waals surface area (Å²) < 4.78 is 30.8. The second kappa shape index (κ2) is 4.45. The van der Waals surface area contributed by atoms with Crippen molar-refractivity contribution in [2.75, 3.05) is 26.3 Å². The van der Waals surface area contributed by atoms with Gasteiger partial charge in [-0.1, -0.05) is 0 Å². The van der Waals surface area contributed by atoms with E-state index in [2.05, 4.69) is 0 Å². The van der Waals surface area contributed by atoms with Crippen LogP contribution in [0.15, 0.2) is 0 Å². The Labute approximate surface area is 79.8 Å². The minimum Gasteiger partial charge on any atom is -0.378 e. The summed E-state index contributed by atoms with van der Waals surface area (Å²) >= 11 is 0. The zero-order valence-corrected chi connectivity index (χ0v) is 7.54. The highest BCUT2D eigenvalue weighted by Gasteiger charge is 2.41. The molecular weight excluding hydrogens is 196 g/mol. The van der Waals surface area contributed by atoms with E-state index in [4.69, 9.17) is 4.74 Å². The van der Waals surface area contributed by atoms with Crippen molar-refractivity contribution in [1.29, 1.82) is 0 Å². The van der Waals surface area contributed by atoms with E-state index in [9.17, 15) is 18.4 Å². The summed E-state index contributed by atoms with van der Waals surface area (Å²) in [6, 6.07) is 0. The predicted molar refractivity (Wildman–Crippen MR) is 43.0 cm³/mol. The van der Waals surface area contributed by atoms with Crippen LogP contribution in [0.1, 0.15) is 6.42 Å². The number of carbonyl (C=O) groups is 2. The van der Waals surface area contributed by atoms with E-state index in [-0.39, 0.29) is 32.6 Å². The first-order valence-electron chi connectivity index (χ1n) is 4.26. The van der Waals surface area contributed by atoms with E-state index in [1.165, 1.54) is 0 Å². The topological polar surface area (TPSA) is 46.6 Å². The van der Waals surface area contributed by atoms with Crippen molar-refractivity contribution in [3.8, 4) is 0 Å². The molecule has 0 bridgehead atoms. The summed E-state index contributed by atoms with van der Waals surface area (Å²) in [6.45, 7) is 0.854. The molecule has 1 rings (SSSR count). The molecule has 14 heavy (non-hydrogen) atoms. The van der Waals surface area contributed by atoms with Gasteiger partial charge >= 0.3 is 5.92 Å². The third-order valence-corrected chi connectivity index (χ3v) is 1.95. The van der Waals surface area contributed by atoms with E-state index in [0.717, 1.165) is 4.90 Å². The lowest BCUT2D eigenvalue weighted by atomic mass is 10.2. The normalized spacial score (nSPS) is 18.0. The maximum absolute atomic E-state index is 12.9. The third-order valence-electron chi connectivity index (χ3n) is 1.95. The summed E-state index contributed by atoms with van der Waals surface area (Å²) in [5.74, 6) is -4.85. The first kappa shape index (κ1) is 11.0. The summed E-state index contributed by atoms with van der Waals surface area (Å²) in [4.78, 5) is 22.1. The zero-order valence-electron chi connectivity index (χ0n) is 7.54. The van der Waals surface area contributed by atoms with Gasteiger partial charge in [-0.15, -0.1) is 0 Å². The van der Waals surface area contributed by atoms with E-state index < -0.39 is 18.3 Å². The standard InChI is InChI=1S/C8H11F2NO3/c9-8(10,1-4-12)7(13)11-2-5-14-6-3-11/h4H,1-3,5-6H2. The summed E-state index contributed by atoms with van der Waals surface area (Å²) in [5, 5.41) is 0. The Morgan fingerprint density at radius 3 is 2.50 bits per heavy atom. The molecule has 0 radical (unpaired) electrons. The first-order chi connectivity index (χ1) is 6.58. The average molecular weight is 207 g/mol. The fourth-order valence-electron chi connectivity index (χ4n) is 1.19. The lowest BCUT2D eigenvalue weighted by molar-refractivity contribution is -0.163. The van der Waals surface area contributed by atoms with Crippen molar-refractivity contribution in [2.45, 2.75) is 12.3 Å². The molecule has 0 aromatic carbocycles. The van der Waals surface area contributed by atoms with Crippen molar-refractivity contribution in [1.82, 2.24) is 4.90 Å². The molecule has 6 heteroatoms. The number of hydrogen-bond donors (Lipinski definition) is 0. The van der Waals surface area contributed by atoms with Crippen LogP contribution in [0, 0.1) is 0 Å². The zero-order chi connectivity index (χ0) is 10.6. The Morgan fingerprint density at radius 2 is 2.00 bits per heavy atom. The molecule has 80 valence electrons. The second-order valence-corrected chi connectivity index (χ2v) is 2.98. The van der Waals surface area contributed by atoms with Crippen LogP contribution in [-0.2, 0) is 14.3 Å². The fraction of sp³-hybridized carbons (Fsp3) is 0.750. The number of ether oxygens (including phenoxy) is 1. The van der Waals surface area contributed by atoms with Crippen molar-refractivity contribution in [3.63, 3.8) is 0 Å². The summed E-state index contributed by atoms with van der Waals surface area (Å²) in [7, 11) is 0. The highest BCUT2D eigenvalue weighted by atomic mass is 19.3. The number of alkyl halides is 2. The Balaban J connectivity index is 2.57. The monoisotopic (exact) mass is 207 g/mol. The van der Waals surface area contributed by atoms with Gasteiger partial charge in [0.05, 0.1) is 19.6 Å².